The number of nitrogens with two attached hydrogens (primary N) is 1. The zero-order chi connectivity index (χ0) is 17.7. The zero-order valence-corrected chi connectivity index (χ0v) is 17.7. The maximum atomic E-state index is 12.4. The summed E-state index contributed by atoms with van der Waals surface area (Å²) < 4.78 is 5.29. The number of pyridine rings is 1. The molecule has 0 unspecified atom stereocenters. The van der Waals surface area contributed by atoms with Gasteiger partial charge in [-0.25, -0.2) is 4.98 Å². The lowest BCUT2D eigenvalue weighted by molar-refractivity contribution is -0.140. The number of ether oxygens (including phenoxy) is 1. The topological polar surface area (TPSA) is 80.5 Å². The van der Waals surface area contributed by atoms with Gasteiger partial charge in [-0.2, -0.15) is 0 Å². The molecule has 2 rings (SSSR count). The van der Waals surface area contributed by atoms with Crippen LogP contribution in [0.1, 0.15) is 39.2 Å². The fourth-order valence-corrected chi connectivity index (χ4v) is 3.18. The maximum Gasteiger partial charge on any atom is 0.251 e. The number of likely N-dealkylation sites (tertiary alicyclic amines) is 1. The third-order valence-corrected chi connectivity index (χ3v) is 4.87. The highest BCUT2D eigenvalue weighted by atomic mass is 35.5. The van der Waals surface area contributed by atoms with Gasteiger partial charge in [0.15, 0.2) is 0 Å². The Morgan fingerprint density at radius 3 is 2.69 bits per heavy atom. The summed E-state index contributed by atoms with van der Waals surface area (Å²) in [7, 11) is 1.56. The standard InChI is InChI=1S/C18H30N4O2.2ClH/c1-5-7-13-10-22(11-14-8-6-9-20-16(14)19)12-15(13)21-17(23)18(2,3)24-4;;/h6,8-9,13,15H,5,7,10-12H2,1-4H3,(H2,19,20)(H,21,23);2*1H/t13-,15-;;/m0../s1. The van der Waals surface area contributed by atoms with Gasteiger partial charge in [-0.3, -0.25) is 9.69 Å². The van der Waals surface area contributed by atoms with Crippen molar-refractivity contribution in [1.82, 2.24) is 15.2 Å². The Balaban J connectivity index is 0.00000312. The van der Waals surface area contributed by atoms with E-state index in [-0.39, 0.29) is 36.8 Å². The van der Waals surface area contributed by atoms with Gasteiger partial charge in [0.1, 0.15) is 11.4 Å². The predicted molar refractivity (Wildman–Crippen MR) is 110 cm³/mol. The lowest BCUT2D eigenvalue weighted by atomic mass is 9.97. The lowest BCUT2D eigenvalue weighted by Crippen LogP contribution is -2.50. The summed E-state index contributed by atoms with van der Waals surface area (Å²) in [6.45, 7) is 8.31. The van der Waals surface area contributed by atoms with E-state index in [1.807, 2.05) is 12.1 Å². The van der Waals surface area contributed by atoms with Crippen molar-refractivity contribution in [3.63, 3.8) is 0 Å². The van der Waals surface area contributed by atoms with Crippen molar-refractivity contribution >= 4 is 36.5 Å². The van der Waals surface area contributed by atoms with Crippen LogP contribution < -0.4 is 11.1 Å². The van der Waals surface area contributed by atoms with E-state index < -0.39 is 5.60 Å². The van der Waals surface area contributed by atoms with Crippen LogP contribution in [0.3, 0.4) is 0 Å². The molecule has 26 heavy (non-hydrogen) atoms. The number of carbonyl (C=O) groups is 1. The Bertz CT molecular complexity index is 572. The van der Waals surface area contributed by atoms with Crippen LogP contribution in [-0.2, 0) is 16.1 Å². The van der Waals surface area contributed by atoms with Gasteiger partial charge in [0, 0.05) is 44.5 Å². The predicted octanol–water partition coefficient (Wildman–Crippen LogP) is 2.65. The number of halogens is 2. The molecule has 1 aliphatic rings. The van der Waals surface area contributed by atoms with E-state index in [0.29, 0.717) is 11.7 Å². The Labute approximate surface area is 169 Å². The van der Waals surface area contributed by atoms with E-state index in [1.54, 1.807) is 27.2 Å². The van der Waals surface area contributed by atoms with E-state index in [2.05, 4.69) is 22.1 Å². The van der Waals surface area contributed by atoms with Crippen LogP contribution in [0.15, 0.2) is 18.3 Å². The fraction of sp³-hybridized carbons (Fsp3) is 0.667. The molecule has 0 spiro atoms. The first-order chi connectivity index (χ1) is 11.4. The Kier molecular flexibility index (Phi) is 10.5. The minimum absolute atomic E-state index is 0. The molecule has 0 radical (unpaired) electrons. The van der Waals surface area contributed by atoms with Gasteiger partial charge in [-0.1, -0.05) is 19.4 Å². The number of nitrogen functional groups attached to an aromatic ring is 1. The Morgan fingerprint density at radius 1 is 1.42 bits per heavy atom. The van der Waals surface area contributed by atoms with Crippen LogP contribution in [0.5, 0.6) is 0 Å². The summed E-state index contributed by atoms with van der Waals surface area (Å²) in [6.07, 6.45) is 3.91. The second kappa shape index (κ2) is 10.9. The SMILES string of the molecule is CCC[C@H]1CN(Cc2cccnc2N)C[C@@H]1NC(=O)C(C)(C)OC.Cl.Cl. The Morgan fingerprint density at radius 2 is 2.12 bits per heavy atom. The number of carbonyl (C=O) groups excluding carboxylic acids is 1. The summed E-state index contributed by atoms with van der Waals surface area (Å²) in [4.78, 5) is 18.9. The van der Waals surface area contributed by atoms with Crippen molar-refractivity contribution < 1.29 is 9.53 Å². The number of rotatable bonds is 7. The Hall–Kier alpha value is -1.08. The number of nitrogens with one attached hydrogen (secondary N) is 1. The molecular weight excluding hydrogens is 375 g/mol. The summed E-state index contributed by atoms with van der Waals surface area (Å²) in [5.41, 5.74) is 6.19. The van der Waals surface area contributed by atoms with E-state index in [4.69, 9.17) is 10.5 Å². The quantitative estimate of drug-likeness (QED) is 0.727. The van der Waals surface area contributed by atoms with Crippen LogP contribution >= 0.6 is 24.8 Å². The molecule has 1 aromatic rings. The number of nitrogens with zero attached hydrogens (tertiary/aromatic N) is 2. The molecule has 1 fully saturated rings. The lowest BCUT2D eigenvalue weighted by Gasteiger charge is -2.26. The molecule has 2 heterocycles. The fourth-order valence-electron chi connectivity index (χ4n) is 3.18. The minimum Gasteiger partial charge on any atom is -0.383 e. The van der Waals surface area contributed by atoms with Crippen molar-refractivity contribution in [3.8, 4) is 0 Å². The van der Waals surface area contributed by atoms with Crippen molar-refractivity contribution in [1.29, 1.82) is 0 Å². The first kappa shape index (κ1) is 24.9. The molecule has 1 saturated heterocycles. The summed E-state index contributed by atoms with van der Waals surface area (Å²) >= 11 is 0. The summed E-state index contributed by atoms with van der Waals surface area (Å²) in [5, 5.41) is 3.18. The number of hydrogen-bond acceptors (Lipinski definition) is 5. The number of hydrogen-bond donors (Lipinski definition) is 2. The van der Waals surface area contributed by atoms with Crippen molar-refractivity contribution in [3.05, 3.63) is 23.9 Å². The molecule has 1 aliphatic heterocycles. The molecule has 0 aromatic carbocycles. The first-order valence-electron chi connectivity index (χ1n) is 8.65. The maximum absolute atomic E-state index is 12.4. The smallest absolute Gasteiger partial charge is 0.251 e. The van der Waals surface area contributed by atoms with Crippen molar-refractivity contribution in [2.45, 2.75) is 51.8 Å². The molecule has 3 N–H and O–H groups in total. The highest BCUT2D eigenvalue weighted by Crippen LogP contribution is 2.25. The normalized spacial score (nSPS) is 20.2. The third-order valence-electron chi connectivity index (χ3n) is 4.87. The van der Waals surface area contributed by atoms with E-state index in [9.17, 15) is 4.79 Å². The van der Waals surface area contributed by atoms with E-state index in [1.165, 1.54) is 0 Å². The number of amides is 1. The average Bonchev–Trinajstić information content (AvgIpc) is 2.91. The molecular formula is C18H32Cl2N4O2. The van der Waals surface area contributed by atoms with Crippen LogP contribution in [0.4, 0.5) is 5.82 Å². The van der Waals surface area contributed by atoms with Crippen LogP contribution in [0.25, 0.3) is 0 Å². The number of anilines is 1. The second-order valence-electron chi connectivity index (χ2n) is 7.08. The highest BCUT2D eigenvalue weighted by molar-refractivity contribution is 5.85. The van der Waals surface area contributed by atoms with Gasteiger partial charge in [0.25, 0.3) is 5.91 Å². The molecule has 6 nitrogen and oxygen atoms in total. The molecule has 8 heteroatoms. The van der Waals surface area contributed by atoms with Crippen LogP contribution in [-0.4, -0.2) is 47.6 Å². The van der Waals surface area contributed by atoms with Gasteiger partial charge in [0.05, 0.1) is 0 Å². The molecule has 150 valence electrons. The monoisotopic (exact) mass is 406 g/mol. The number of aromatic nitrogens is 1. The van der Waals surface area contributed by atoms with Gasteiger partial charge in [-0.05, 0) is 32.3 Å². The van der Waals surface area contributed by atoms with E-state index in [0.717, 1.165) is 38.0 Å². The molecule has 0 bridgehead atoms. The molecule has 1 aromatic heterocycles. The van der Waals surface area contributed by atoms with Crippen LogP contribution in [0, 0.1) is 5.92 Å². The van der Waals surface area contributed by atoms with E-state index >= 15 is 0 Å². The minimum atomic E-state index is -0.808. The average molecular weight is 407 g/mol. The molecule has 0 aliphatic carbocycles. The summed E-state index contributed by atoms with van der Waals surface area (Å²) in [5.74, 6) is 0.973. The molecule has 0 saturated carbocycles. The highest BCUT2D eigenvalue weighted by Gasteiger charge is 2.36. The van der Waals surface area contributed by atoms with Gasteiger partial charge < -0.3 is 15.8 Å². The van der Waals surface area contributed by atoms with Gasteiger partial charge in [-0.15, -0.1) is 24.8 Å². The van der Waals surface area contributed by atoms with Crippen LogP contribution in [0.2, 0.25) is 0 Å². The first-order valence-corrected chi connectivity index (χ1v) is 8.65. The number of methoxy groups -OCH3 is 1. The molecule has 2 atom stereocenters. The van der Waals surface area contributed by atoms with Crippen molar-refractivity contribution in [2.75, 3.05) is 25.9 Å². The second-order valence-corrected chi connectivity index (χ2v) is 7.08. The summed E-state index contributed by atoms with van der Waals surface area (Å²) in [6, 6.07) is 4.06. The van der Waals surface area contributed by atoms with Crippen molar-refractivity contribution in [2.24, 2.45) is 5.92 Å². The van der Waals surface area contributed by atoms with Gasteiger partial charge >= 0.3 is 0 Å². The molecule has 1 amide bonds. The zero-order valence-electron chi connectivity index (χ0n) is 16.0. The largest absolute Gasteiger partial charge is 0.383 e. The van der Waals surface area contributed by atoms with Gasteiger partial charge in [0.2, 0.25) is 0 Å². The third kappa shape index (κ3) is 6.27.